The number of phosphoric acid groups is 2. The molecule has 0 aliphatic heterocycles. The van der Waals surface area contributed by atoms with Crippen LogP contribution in [0.3, 0.4) is 0 Å². The maximum Gasteiger partial charge on any atom is 0.472 e. The van der Waals surface area contributed by atoms with E-state index >= 15 is 0 Å². The molecule has 0 saturated carbocycles. The van der Waals surface area contributed by atoms with Crippen molar-refractivity contribution in [2.45, 2.75) is 393 Å². The number of aliphatic hydroxyl groups excluding tert-OH is 1. The van der Waals surface area contributed by atoms with E-state index in [1.54, 1.807) is 0 Å². The fourth-order valence-corrected chi connectivity index (χ4v) is 12.5. The molecule has 0 aliphatic rings. The van der Waals surface area contributed by atoms with E-state index in [9.17, 15) is 43.2 Å². The van der Waals surface area contributed by atoms with Gasteiger partial charge in [-0.25, -0.2) is 9.13 Å². The third kappa shape index (κ3) is 65.1. The number of hydrogen-bond donors (Lipinski definition) is 3. The van der Waals surface area contributed by atoms with Crippen LogP contribution in [-0.4, -0.2) is 96.7 Å². The van der Waals surface area contributed by atoms with Crippen molar-refractivity contribution in [3.05, 3.63) is 0 Å². The highest BCUT2D eigenvalue weighted by Gasteiger charge is 2.30. The van der Waals surface area contributed by atoms with E-state index in [-0.39, 0.29) is 25.7 Å². The van der Waals surface area contributed by atoms with E-state index in [2.05, 4.69) is 34.6 Å². The number of carbonyl (C=O) groups is 4. The van der Waals surface area contributed by atoms with Crippen LogP contribution in [0, 0.1) is 5.92 Å². The van der Waals surface area contributed by atoms with Crippen molar-refractivity contribution < 1.29 is 80.2 Å². The third-order valence-electron chi connectivity index (χ3n) is 17.1. The first-order valence-electron chi connectivity index (χ1n) is 37.7. The van der Waals surface area contributed by atoms with Crippen LogP contribution >= 0.6 is 15.6 Å². The first kappa shape index (κ1) is 89.1. The van der Waals surface area contributed by atoms with Gasteiger partial charge in [-0.2, -0.15) is 0 Å². The standard InChI is InChI=1S/C72H140O17P2/c1-6-10-13-16-19-22-24-26-28-29-30-31-32-34-36-38-41-47-52-57-71(76)88-67(61-83-70(75)56-51-46-40-37-35-33-27-25-23-20-17-14-11-7-2)63-86-90(78,79)84-59-66(73)60-85-91(80,81)87-64-68(62-82-69(74)55-50-45-39-21-18-15-12-8-3)89-72(77)58-53-48-43-42-44-49-54-65(5)9-4/h65-68,73H,6-64H2,1-5H3,(H,78,79)(H,80,81)/t65?,66-,67-,68-/m1/s1. The quantitative estimate of drug-likeness (QED) is 0.0222. The van der Waals surface area contributed by atoms with Gasteiger partial charge in [0.2, 0.25) is 0 Å². The van der Waals surface area contributed by atoms with Crippen LogP contribution in [0.4, 0.5) is 0 Å². The number of rotatable bonds is 72. The molecular formula is C72H140O17P2. The van der Waals surface area contributed by atoms with Crippen molar-refractivity contribution in [3.63, 3.8) is 0 Å². The summed E-state index contributed by atoms with van der Waals surface area (Å²) in [4.78, 5) is 72.5. The fourth-order valence-electron chi connectivity index (χ4n) is 11.0. The van der Waals surface area contributed by atoms with Gasteiger partial charge in [-0.15, -0.1) is 0 Å². The molecule has 3 unspecified atom stereocenters. The normalized spacial score (nSPS) is 14.3. The van der Waals surface area contributed by atoms with Crippen molar-refractivity contribution in [1.29, 1.82) is 0 Å². The monoisotopic (exact) mass is 1340 g/mol. The van der Waals surface area contributed by atoms with E-state index in [1.165, 1.54) is 193 Å². The fraction of sp³-hybridized carbons (Fsp3) is 0.944. The molecule has 0 bridgehead atoms. The lowest BCUT2D eigenvalue weighted by Gasteiger charge is -2.21. The molecule has 6 atom stereocenters. The van der Waals surface area contributed by atoms with Gasteiger partial charge in [0.25, 0.3) is 0 Å². The molecule has 540 valence electrons. The Morgan fingerprint density at radius 2 is 0.527 bits per heavy atom. The molecule has 0 heterocycles. The van der Waals surface area contributed by atoms with Crippen molar-refractivity contribution >= 4 is 39.5 Å². The number of aliphatic hydroxyl groups is 1. The minimum absolute atomic E-state index is 0.103. The first-order valence-corrected chi connectivity index (χ1v) is 40.7. The number of unbranched alkanes of at least 4 members (excludes halogenated alkanes) is 43. The number of hydrogen-bond acceptors (Lipinski definition) is 15. The maximum atomic E-state index is 13.0. The largest absolute Gasteiger partial charge is 0.472 e. The molecule has 0 radical (unpaired) electrons. The second-order valence-corrected chi connectivity index (χ2v) is 29.1. The summed E-state index contributed by atoms with van der Waals surface area (Å²) in [6.07, 6.45) is 52.9. The Balaban J connectivity index is 5.19. The second kappa shape index (κ2) is 65.4. The molecule has 19 heteroatoms. The zero-order valence-corrected chi connectivity index (χ0v) is 60.8. The molecule has 0 aromatic heterocycles. The summed E-state index contributed by atoms with van der Waals surface area (Å²) in [6.45, 7) is 7.19. The molecule has 0 aromatic rings. The molecule has 0 fully saturated rings. The Morgan fingerprint density at radius 1 is 0.308 bits per heavy atom. The molecule has 0 aromatic carbocycles. The van der Waals surface area contributed by atoms with Crippen molar-refractivity contribution in [1.82, 2.24) is 0 Å². The molecule has 91 heavy (non-hydrogen) atoms. The number of phosphoric ester groups is 2. The predicted molar refractivity (Wildman–Crippen MR) is 368 cm³/mol. The Kier molecular flexibility index (Phi) is 64.0. The van der Waals surface area contributed by atoms with Crippen LogP contribution in [0.15, 0.2) is 0 Å². The van der Waals surface area contributed by atoms with E-state index in [4.69, 9.17) is 37.0 Å². The Bertz CT molecular complexity index is 1760. The van der Waals surface area contributed by atoms with Gasteiger partial charge in [0.05, 0.1) is 26.4 Å². The van der Waals surface area contributed by atoms with Gasteiger partial charge in [-0.3, -0.25) is 37.3 Å². The van der Waals surface area contributed by atoms with E-state index in [0.29, 0.717) is 25.7 Å². The SMILES string of the molecule is CCCCCCCCCCCCCCCCCCCCCC(=O)O[C@H](COC(=O)CCCCCCCCCCCCCCCC)COP(=O)(O)OC[C@@H](O)COP(=O)(O)OC[C@@H](COC(=O)CCCCCCCCCC)OC(=O)CCCCCCCCC(C)CC. The van der Waals surface area contributed by atoms with Gasteiger partial charge >= 0.3 is 39.5 Å². The average Bonchev–Trinajstić information content (AvgIpc) is 3.43. The minimum atomic E-state index is -4.95. The van der Waals surface area contributed by atoms with Gasteiger partial charge in [0.15, 0.2) is 12.2 Å². The lowest BCUT2D eigenvalue weighted by atomic mass is 10.00. The van der Waals surface area contributed by atoms with Crippen LogP contribution in [0.25, 0.3) is 0 Å². The first-order chi connectivity index (χ1) is 44.1. The molecule has 0 saturated heterocycles. The molecule has 17 nitrogen and oxygen atoms in total. The topological polar surface area (TPSA) is 237 Å². The molecule has 0 aliphatic carbocycles. The van der Waals surface area contributed by atoms with Crippen molar-refractivity contribution in [2.75, 3.05) is 39.6 Å². The summed E-state index contributed by atoms with van der Waals surface area (Å²) >= 11 is 0. The molecule has 3 N–H and O–H groups in total. The predicted octanol–water partition coefficient (Wildman–Crippen LogP) is 20.9. The molecule has 0 amide bonds. The number of ether oxygens (including phenoxy) is 4. The summed E-state index contributed by atoms with van der Waals surface area (Å²) in [5, 5.41) is 10.6. The highest BCUT2D eigenvalue weighted by molar-refractivity contribution is 7.47. The van der Waals surface area contributed by atoms with Crippen molar-refractivity contribution in [3.8, 4) is 0 Å². The summed E-state index contributed by atoms with van der Waals surface area (Å²) in [5.74, 6) is -1.40. The van der Waals surface area contributed by atoms with Crippen LogP contribution in [-0.2, 0) is 65.4 Å². The Hall–Kier alpha value is -1.94. The lowest BCUT2D eigenvalue weighted by Crippen LogP contribution is -2.30. The van der Waals surface area contributed by atoms with Crippen LogP contribution in [0.2, 0.25) is 0 Å². The van der Waals surface area contributed by atoms with Gasteiger partial charge in [-0.05, 0) is 31.6 Å². The van der Waals surface area contributed by atoms with Gasteiger partial charge in [0.1, 0.15) is 19.3 Å². The van der Waals surface area contributed by atoms with Gasteiger partial charge in [-0.1, -0.05) is 324 Å². The van der Waals surface area contributed by atoms with Crippen LogP contribution < -0.4 is 0 Å². The summed E-state index contributed by atoms with van der Waals surface area (Å²) in [5.41, 5.74) is 0. The smallest absolute Gasteiger partial charge is 0.462 e. The van der Waals surface area contributed by atoms with E-state index < -0.39 is 97.5 Å². The lowest BCUT2D eigenvalue weighted by molar-refractivity contribution is -0.161. The van der Waals surface area contributed by atoms with Crippen molar-refractivity contribution in [2.24, 2.45) is 5.92 Å². The van der Waals surface area contributed by atoms with E-state index in [0.717, 1.165) is 102 Å². The summed E-state index contributed by atoms with van der Waals surface area (Å²) in [7, 11) is -9.90. The Labute approximate surface area is 556 Å². The van der Waals surface area contributed by atoms with Gasteiger partial charge in [0, 0.05) is 25.7 Å². The summed E-state index contributed by atoms with van der Waals surface area (Å²) in [6, 6.07) is 0. The summed E-state index contributed by atoms with van der Waals surface area (Å²) < 4.78 is 68.3. The van der Waals surface area contributed by atoms with E-state index in [1.807, 2.05) is 0 Å². The zero-order valence-electron chi connectivity index (χ0n) is 59.0. The van der Waals surface area contributed by atoms with Crippen LogP contribution in [0.1, 0.15) is 375 Å². The highest BCUT2D eigenvalue weighted by atomic mass is 31.2. The average molecular weight is 1340 g/mol. The molecule has 0 rings (SSSR count). The second-order valence-electron chi connectivity index (χ2n) is 26.2. The van der Waals surface area contributed by atoms with Gasteiger partial charge < -0.3 is 33.8 Å². The third-order valence-corrected chi connectivity index (χ3v) is 19.0. The minimum Gasteiger partial charge on any atom is -0.462 e. The number of esters is 4. The highest BCUT2D eigenvalue weighted by Crippen LogP contribution is 2.45. The maximum absolute atomic E-state index is 13.0. The number of carbonyl (C=O) groups excluding carboxylic acids is 4. The molecular weight excluding hydrogens is 1200 g/mol. The van der Waals surface area contributed by atoms with Crippen LogP contribution in [0.5, 0.6) is 0 Å². The zero-order chi connectivity index (χ0) is 67.0. The Morgan fingerprint density at radius 3 is 0.780 bits per heavy atom. The molecule has 0 spiro atoms.